The van der Waals surface area contributed by atoms with E-state index in [1.807, 2.05) is 31.2 Å². The second kappa shape index (κ2) is 4.11. The molecule has 0 aliphatic carbocycles. The predicted octanol–water partition coefficient (Wildman–Crippen LogP) is 1.80. The zero-order valence-electron chi connectivity index (χ0n) is 9.12. The van der Waals surface area contributed by atoms with E-state index in [0.29, 0.717) is 0 Å². The Bertz CT molecular complexity index is 288. The number of nitrogens with two attached hydrogens (primary N) is 1. The highest BCUT2D eigenvalue weighted by Gasteiger charge is 2.27. The lowest BCUT2D eigenvalue weighted by atomic mass is 9.89. The third-order valence-corrected chi connectivity index (χ3v) is 2.83. The van der Waals surface area contributed by atoms with E-state index < -0.39 is 5.60 Å². The van der Waals surface area contributed by atoms with Gasteiger partial charge in [0.1, 0.15) is 5.60 Å². The van der Waals surface area contributed by atoms with E-state index >= 15 is 0 Å². The van der Waals surface area contributed by atoms with E-state index in [4.69, 9.17) is 5.73 Å². The van der Waals surface area contributed by atoms with Gasteiger partial charge in [-0.1, -0.05) is 31.2 Å². The number of rotatable bonds is 3. The highest BCUT2D eigenvalue weighted by Crippen LogP contribution is 2.23. The maximum Gasteiger partial charge on any atom is 0.102 e. The van der Waals surface area contributed by atoms with Crippen molar-refractivity contribution >= 4 is 0 Å². The molecule has 3 N–H and O–H groups in total. The van der Waals surface area contributed by atoms with E-state index in [1.165, 1.54) is 5.56 Å². The Labute approximate surface area is 85.8 Å². The Morgan fingerprint density at radius 1 is 1.36 bits per heavy atom. The molecule has 1 aromatic carbocycles. The van der Waals surface area contributed by atoms with Crippen molar-refractivity contribution in [2.75, 3.05) is 0 Å². The fourth-order valence-electron chi connectivity index (χ4n) is 1.34. The van der Waals surface area contributed by atoms with Gasteiger partial charge < -0.3 is 10.8 Å². The molecule has 78 valence electrons. The molecule has 0 saturated carbocycles. The standard InChI is InChI=1S/C12H19NO/c1-4-10-5-7-11(8-6-10)12(3,14)9(2)13/h5-9,14H,4,13H2,1-3H3. The molecule has 0 aromatic heterocycles. The van der Waals surface area contributed by atoms with Crippen LogP contribution in [0.25, 0.3) is 0 Å². The summed E-state index contributed by atoms with van der Waals surface area (Å²) in [5.41, 5.74) is 6.94. The normalized spacial score (nSPS) is 17.5. The summed E-state index contributed by atoms with van der Waals surface area (Å²) < 4.78 is 0. The Kier molecular flexibility index (Phi) is 3.29. The number of aryl methyl sites for hydroxylation is 1. The molecule has 0 fully saturated rings. The van der Waals surface area contributed by atoms with Crippen molar-refractivity contribution < 1.29 is 5.11 Å². The summed E-state index contributed by atoms with van der Waals surface area (Å²) in [7, 11) is 0. The second-order valence-corrected chi connectivity index (χ2v) is 3.99. The van der Waals surface area contributed by atoms with Crippen molar-refractivity contribution in [1.29, 1.82) is 0 Å². The number of hydrogen-bond acceptors (Lipinski definition) is 2. The van der Waals surface area contributed by atoms with E-state index in [-0.39, 0.29) is 6.04 Å². The maximum atomic E-state index is 10.1. The lowest BCUT2D eigenvalue weighted by molar-refractivity contribution is 0.0349. The smallest absolute Gasteiger partial charge is 0.102 e. The monoisotopic (exact) mass is 193 g/mol. The van der Waals surface area contributed by atoms with Crippen LogP contribution in [-0.2, 0) is 12.0 Å². The van der Waals surface area contributed by atoms with Gasteiger partial charge in [-0.15, -0.1) is 0 Å². The van der Waals surface area contributed by atoms with Crippen LogP contribution in [0.15, 0.2) is 24.3 Å². The van der Waals surface area contributed by atoms with Crippen LogP contribution in [0, 0.1) is 0 Å². The Balaban J connectivity index is 2.97. The summed E-state index contributed by atoms with van der Waals surface area (Å²) >= 11 is 0. The topological polar surface area (TPSA) is 46.2 Å². The summed E-state index contributed by atoms with van der Waals surface area (Å²) in [6.45, 7) is 5.67. The summed E-state index contributed by atoms with van der Waals surface area (Å²) in [4.78, 5) is 0. The molecule has 0 aliphatic heterocycles. The highest BCUT2D eigenvalue weighted by molar-refractivity contribution is 5.27. The van der Waals surface area contributed by atoms with Gasteiger partial charge >= 0.3 is 0 Å². The first kappa shape index (κ1) is 11.2. The van der Waals surface area contributed by atoms with Gasteiger partial charge in [0.15, 0.2) is 0 Å². The van der Waals surface area contributed by atoms with Gasteiger partial charge in [-0.25, -0.2) is 0 Å². The first-order valence-corrected chi connectivity index (χ1v) is 5.05. The molecule has 2 heteroatoms. The second-order valence-electron chi connectivity index (χ2n) is 3.99. The van der Waals surface area contributed by atoms with E-state index in [1.54, 1.807) is 6.92 Å². The molecule has 0 radical (unpaired) electrons. The zero-order chi connectivity index (χ0) is 10.8. The number of aliphatic hydroxyl groups is 1. The Hall–Kier alpha value is -0.860. The van der Waals surface area contributed by atoms with Crippen molar-refractivity contribution in [3.63, 3.8) is 0 Å². The third kappa shape index (κ3) is 2.14. The molecule has 2 atom stereocenters. The van der Waals surface area contributed by atoms with Crippen LogP contribution >= 0.6 is 0 Å². The summed E-state index contributed by atoms with van der Waals surface area (Å²) in [6.07, 6.45) is 1.01. The summed E-state index contributed by atoms with van der Waals surface area (Å²) in [5.74, 6) is 0. The zero-order valence-corrected chi connectivity index (χ0v) is 9.12. The minimum absolute atomic E-state index is 0.269. The fraction of sp³-hybridized carbons (Fsp3) is 0.500. The van der Waals surface area contributed by atoms with Crippen molar-refractivity contribution in [3.05, 3.63) is 35.4 Å². The molecule has 0 aliphatic rings. The van der Waals surface area contributed by atoms with Crippen molar-refractivity contribution in [1.82, 2.24) is 0 Å². The van der Waals surface area contributed by atoms with Crippen LogP contribution in [0.5, 0.6) is 0 Å². The highest BCUT2D eigenvalue weighted by atomic mass is 16.3. The van der Waals surface area contributed by atoms with Crippen LogP contribution in [0.4, 0.5) is 0 Å². The molecule has 1 aromatic rings. The van der Waals surface area contributed by atoms with Crippen molar-refractivity contribution in [2.24, 2.45) is 5.73 Å². The van der Waals surface area contributed by atoms with Gasteiger partial charge in [0, 0.05) is 6.04 Å². The maximum absolute atomic E-state index is 10.1. The number of hydrogen-bond donors (Lipinski definition) is 2. The molecule has 0 spiro atoms. The average Bonchev–Trinajstić information content (AvgIpc) is 2.17. The molecule has 14 heavy (non-hydrogen) atoms. The fourth-order valence-corrected chi connectivity index (χ4v) is 1.34. The van der Waals surface area contributed by atoms with Crippen molar-refractivity contribution in [3.8, 4) is 0 Å². The number of benzene rings is 1. The molecular formula is C12H19NO. The van der Waals surface area contributed by atoms with Crippen LogP contribution in [0.2, 0.25) is 0 Å². The minimum Gasteiger partial charge on any atom is -0.384 e. The van der Waals surface area contributed by atoms with Gasteiger partial charge in [0.2, 0.25) is 0 Å². The van der Waals surface area contributed by atoms with E-state index in [0.717, 1.165) is 12.0 Å². The van der Waals surface area contributed by atoms with Gasteiger partial charge in [0.05, 0.1) is 0 Å². The lowest BCUT2D eigenvalue weighted by Gasteiger charge is -2.28. The van der Waals surface area contributed by atoms with Gasteiger partial charge in [-0.05, 0) is 31.4 Å². The van der Waals surface area contributed by atoms with Gasteiger partial charge in [-0.2, -0.15) is 0 Å². The quantitative estimate of drug-likeness (QED) is 0.769. The van der Waals surface area contributed by atoms with Crippen LogP contribution in [-0.4, -0.2) is 11.1 Å². The molecule has 0 heterocycles. The Morgan fingerprint density at radius 3 is 2.21 bits per heavy atom. The predicted molar refractivity (Wildman–Crippen MR) is 59.0 cm³/mol. The van der Waals surface area contributed by atoms with Gasteiger partial charge in [-0.3, -0.25) is 0 Å². The van der Waals surface area contributed by atoms with Gasteiger partial charge in [0.25, 0.3) is 0 Å². The van der Waals surface area contributed by atoms with E-state index in [9.17, 15) is 5.11 Å². The molecular weight excluding hydrogens is 174 g/mol. The molecule has 1 rings (SSSR count). The molecule has 2 unspecified atom stereocenters. The van der Waals surface area contributed by atoms with Crippen LogP contribution in [0.1, 0.15) is 31.9 Å². The molecule has 0 bridgehead atoms. The molecule has 0 saturated heterocycles. The minimum atomic E-state index is -0.938. The lowest BCUT2D eigenvalue weighted by Crippen LogP contribution is -2.40. The van der Waals surface area contributed by atoms with Crippen LogP contribution < -0.4 is 5.73 Å². The SMILES string of the molecule is CCc1ccc(C(C)(O)C(C)N)cc1. The summed E-state index contributed by atoms with van der Waals surface area (Å²) in [6, 6.07) is 7.69. The molecule has 0 amide bonds. The third-order valence-electron chi connectivity index (χ3n) is 2.83. The molecule has 2 nitrogen and oxygen atoms in total. The summed E-state index contributed by atoms with van der Waals surface area (Å²) in [5, 5.41) is 10.1. The largest absolute Gasteiger partial charge is 0.384 e. The van der Waals surface area contributed by atoms with Crippen molar-refractivity contribution in [2.45, 2.75) is 38.8 Å². The first-order valence-electron chi connectivity index (χ1n) is 5.05. The average molecular weight is 193 g/mol. The Morgan fingerprint density at radius 2 is 1.86 bits per heavy atom. The van der Waals surface area contributed by atoms with E-state index in [2.05, 4.69) is 6.92 Å². The first-order chi connectivity index (χ1) is 6.48. The van der Waals surface area contributed by atoms with Crippen LogP contribution in [0.3, 0.4) is 0 Å².